The lowest BCUT2D eigenvalue weighted by molar-refractivity contribution is 0.288. The van der Waals surface area contributed by atoms with E-state index in [1.54, 1.807) is 22.6 Å². The summed E-state index contributed by atoms with van der Waals surface area (Å²) in [6, 6.07) is 9.24. The van der Waals surface area contributed by atoms with Crippen LogP contribution in [0.15, 0.2) is 41.4 Å². The highest BCUT2D eigenvalue weighted by atomic mass is 32.2. The highest BCUT2D eigenvalue weighted by Crippen LogP contribution is 2.38. The third kappa shape index (κ3) is 2.66. The number of benzene rings is 1. The molecule has 0 radical (unpaired) electrons. The Morgan fingerprint density at radius 3 is 2.70 bits per heavy atom. The summed E-state index contributed by atoms with van der Waals surface area (Å²) in [5.41, 5.74) is 0.834. The summed E-state index contributed by atoms with van der Waals surface area (Å²) in [4.78, 5) is 4.68. The van der Waals surface area contributed by atoms with Crippen LogP contribution in [0.1, 0.15) is 38.5 Å². The zero-order chi connectivity index (χ0) is 15.9. The van der Waals surface area contributed by atoms with Crippen molar-refractivity contribution < 1.29 is 8.42 Å². The molecule has 1 saturated heterocycles. The molecule has 0 N–H and O–H groups in total. The van der Waals surface area contributed by atoms with E-state index in [1.807, 2.05) is 18.2 Å². The molecule has 2 aliphatic rings. The Kier molecular flexibility index (Phi) is 3.85. The van der Waals surface area contributed by atoms with Crippen LogP contribution in [0.3, 0.4) is 0 Å². The summed E-state index contributed by atoms with van der Waals surface area (Å²) < 4.78 is 28.1. The van der Waals surface area contributed by atoms with Gasteiger partial charge < -0.3 is 0 Å². The second kappa shape index (κ2) is 5.87. The molecule has 122 valence electrons. The van der Waals surface area contributed by atoms with Crippen LogP contribution in [0, 0.1) is 5.92 Å². The molecule has 1 atom stereocenters. The third-order valence-electron chi connectivity index (χ3n) is 5.37. The van der Waals surface area contributed by atoms with Crippen molar-refractivity contribution in [1.29, 1.82) is 0 Å². The summed E-state index contributed by atoms with van der Waals surface area (Å²) in [6.07, 6.45) is 8.58. The first-order valence-corrected chi connectivity index (χ1v) is 9.97. The molecule has 1 unspecified atom stereocenters. The van der Waals surface area contributed by atoms with Crippen molar-refractivity contribution in [3.63, 3.8) is 0 Å². The maximum atomic E-state index is 13.2. The van der Waals surface area contributed by atoms with E-state index in [0.29, 0.717) is 17.4 Å². The van der Waals surface area contributed by atoms with Gasteiger partial charge in [-0.15, -0.1) is 0 Å². The minimum Gasteiger partial charge on any atom is -0.256 e. The number of rotatable bonds is 3. The Hall–Kier alpha value is -1.46. The number of hydrogen-bond donors (Lipinski definition) is 0. The average molecular weight is 330 g/mol. The predicted octanol–water partition coefficient (Wildman–Crippen LogP) is 3.58. The summed E-state index contributed by atoms with van der Waals surface area (Å²) in [5.74, 6) is 0.550. The topological polar surface area (TPSA) is 50.3 Å². The maximum Gasteiger partial charge on any atom is 0.243 e. The molecule has 0 spiro atoms. The molecule has 1 aromatic heterocycles. The first-order valence-electron chi connectivity index (χ1n) is 8.53. The van der Waals surface area contributed by atoms with Crippen molar-refractivity contribution in [1.82, 2.24) is 9.29 Å². The highest BCUT2D eigenvalue weighted by molar-refractivity contribution is 7.89. The summed E-state index contributed by atoms with van der Waals surface area (Å²) >= 11 is 0. The Labute approximate surface area is 137 Å². The van der Waals surface area contributed by atoms with Gasteiger partial charge in [-0.1, -0.05) is 18.9 Å². The van der Waals surface area contributed by atoms with E-state index in [1.165, 1.54) is 25.7 Å². The molecule has 2 fully saturated rings. The molecule has 5 heteroatoms. The van der Waals surface area contributed by atoms with Crippen molar-refractivity contribution in [3.05, 3.63) is 36.5 Å². The molecule has 4 nitrogen and oxygen atoms in total. The lowest BCUT2D eigenvalue weighted by Gasteiger charge is -2.28. The number of hydrogen-bond acceptors (Lipinski definition) is 3. The minimum atomic E-state index is -3.41. The largest absolute Gasteiger partial charge is 0.256 e. The van der Waals surface area contributed by atoms with Gasteiger partial charge in [-0.25, -0.2) is 8.42 Å². The smallest absolute Gasteiger partial charge is 0.243 e. The molecule has 2 heterocycles. The van der Waals surface area contributed by atoms with Crippen molar-refractivity contribution in [2.45, 2.75) is 49.5 Å². The quantitative estimate of drug-likeness (QED) is 0.864. The third-order valence-corrected chi connectivity index (χ3v) is 7.29. The van der Waals surface area contributed by atoms with Gasteiger partial charge in [0.1, 0.15) is 0 Å². The Morgan fingerprint density at radius 1 is 1.04 bits per heavy atom. The fraction of sp³-hybridized carbons (Fsp3) is 0.500. The van der Waals surface area contributed by atoms with E-state index in [0.717, 1.165) is 23.7 Å². The standard InChI is InChI=1S/C18H22N2O2S/c21-23(22,16-9-10-17-15(13-16)7-3-11-19-17)20-12-4-8-18(20)14-5-1-2-6-14/h3,7,9-11,13-14,18H,1-2,4-6,8,12H2. The molecule has 1 aliphatic heterocycles. The second-order valence-electron chi connectivity index (χ2n) is 6.73. The molecule has 4 rings (SSSR count). The van der Waals surface area contributed by atoms with Crippen LogP contribution < -0.4 is 0 Å². The minimum absolute atomic E-state index is 0.201. The van der Waals surface area contributed by atoms with Gasteiger partial charge in [0.15, 0.2) is 0 Å². The lowest BCUT2D eigenvalue weighted by Crippen LogP contribution is -2.39. The summed E-state index contributed by atoms with van der Waals surface area (Å²) in [7, 11) is -3.41. The van der Waals surface area contributed by atoms with Gasteiger partial charge in [-0.2, -0.15) is 4.31 Å². The van der Waals surface area contributed by atoms with Gasteiger partial charge in [0.05, 0.1) is 10.4 Å². The van der Waals surface area contributed by atoms with Crippen LogP contribution in [0.5, 0.6) is 0 Å². The molecule has 0 amide bonds. The molecule has 1 aliphatic carbocycles. The van der Waals surface area contributed by atoms with Crippen LogP contribution in [0.25, 0.3) is 10.9 Å². The molecule has 1 aromatic carbocycles. The van der Waals surface area contributed by atoms with Crippen LogP contribution in [0.2, 0.25) is 0 Å². The van der Waals surface area contributed by atoms with E-state index in [2.05, 4.69) is 4.98 Å². The normalized spacial score (nSPS) is 23.7. The maximum absolute atomic E-state index is 13.2. The number of aromatic nitrogens is 1. The SMILES string of the molecule is O=S(=O)(c1ccc2ncccc2c1)N1CCCC1C1CCCC1. The van der Waals surface area contributed by atoms with Gasteiger partial charge >= 0.3 is 0 Å². The fourth-order valence-corrected chi connectivity index (χ4v) is 6.02. The number of pyridine rings is 1. The molecule has 2 aromatic rings. The summed E-state index contributed by atoms with van der Waals surface area (Å²) in [6.45, 7) is 0.661. The summed E-state index contributed by atoms with van der Waals surface area (Å²) in [5, 5.41) is 0.880. The zero-order valence-corrected chi connectivity index (χ0v) is 14.0. The molecular weight excluding hydrogens is 308 g/mol. The Morgan fingerprint density at radius 2 is 1.87 bits per heavy atom. The van der Waals surface area contributed by atoms with Crippen molar-refractivity contribution in [2.24, 2.45) is 5.92 Å². The van der Waals surface area contributed by atoms with Crippen molar-refractivity contribution >= 4 is 20.9 Å². The highest BCUT2D eigenvalue weighted by Gasteiger charge is 2.40. The Bertz CT molecular complexity index is 813. The van der Waals surface area contributed by atoms with Crippen LogP contribution in [-0.2, 0) is 10.0 Å². The second-order valence-corrected chi connectivity index (χ2v) is 8.62. The van der Waals surface area contributed by atoms with Crippen LogP contribution in [0.4, 0.5) is 0 Å². The van der Waals surface area contributed by atoms with Gasteiger partial charge in [-0.3, -0.25) is 4.98 Å². The van der Waals surface area contributed by atoms with Crippen molar-refractivity contribution in [2.75, 3.05) is 6.54 Å². The predicted molar refractivity (Wildman–Crippen MR) is 90.6 cm³/mol. The van der Waals surface area contributed by atoms with Crippen LogP contribution >= 0.6 is 0 Å². The van der Waals surface area contributed by atoms with E-state index >= 15 is 0 Å². The van der Waals surface area contributed by atoms with Gasteiger partial charge in [0, 0.05) is 24.2 Å². The van der Waals surface area contributed by atoms with E-state index in [-0.39, 0.29) is 6.04 Å². The Balaban J connectivity index is 1.70. The average Bonchev–Trinajstić information content (AvgIpc) is 3.25. The monoisotopic (exact) mass is 330 g/mol. The lowest BCUT2D eigenvalue weighted by atomic mass is 9.97. The van der Waals surface area contributed by atoms with Gasteiger partial charge in [0.2, 0.25) is 10.0 Å². The number of fused-ring (bicyclic) bond motifs is 1. The molecular formula is C18H22N2O2S. The molecule has 1 saturated carbocycles. The number of sulfonamides is 1. The van der Waals surface area contributed by atoms with E-state index in [9.17, 15) is 8.42 Å². The first kappa shape index (κ1) is 15.1. The van der Waals surface area contributed by atoms with E-state index < -0.39 is 10.0 Å². The van der Waals surface area contributed by atoms with Gasteiger partial charge in [0.25, 0.3) is 0 Å². The first-order chi connectivity index (χ1) is 11.2. The van der Waals surface area contributed by atoms with Crippen molar-refractivity contribution in [3.8, 4) is 0 Å². The molecule has 23 heavy (non-hydrogen) atoms. The van der Waals surface area contributed by atoms with E-state index in [4.69, 9.17) is 0 Å². The zero-order valence-electron chi connectivity index (χ0n) is 13.2. The molecule has 0 bridgehead atoms. The fourth-order valence-electron chi connectivity index (χ4n) is 4.23. The van der Waals surface area contributed by atoms with Crippen LogP contribution in [-0.4, -0.2) is 30.3 Å². The van der Waals surface area contributed by atoms with Gasteiger partial charge in [-0.05, 0) is 55.9 Å². The number of nitrogens with zero attached hydrogens (tertiary/aromatic N) is 2.